The first-order valence-corrected chi connectivity index (χ1v) is 7.16. The van der Waals surface area contributed by atoms with Crippen LogP contribution in [0.4, 0.5) is 8.78 Å². The zero-order valence-electron chi connectivity index (χ0n) is 10.9. The second-order valence-electron chi connectivity index (χ2n) is 4.72. The Morgan fingerprint density at radius 1 is 0.810 bits per heavy atom. The predicted molar refractivity (Wildman–Crippen MR) is 82.3 cm³/mol. The Morgan fingerprint density at radius 2 is 1.48 bits per heavy atom. The topological polar surface area (TPSA) is 9.23 Å². The van der Waals surface area contributed by atoms with Crippen molar-refractivity contribution in [3.05, 3.63) is 76.3 Å². The normalized spacial score (nSPS) is 10.8. The Morgan fingerprint density at radius 3 is 2.24 bits per heavy atom. The van der Waals surface area contributed by atoms with Gasteiger partial charge in [-0.2, -0.15) is 0 Å². The van der Waals surface area contributed by atoms with Gasteiger partial charge in [0.15, 0.2) is 0 Å². The Bertz CT molecular complexity index is 782. The molecular weight excluding hydrogens is 338 g/mol. The molecule has 0 heterocycles. The molecule has 0 aliphatic carbocycles. The van der Waals surface area contributed by atoms with E-state index < -0.39 is 11.6 Å². The van der Waals surface area contributed by atoms with Crippen LogP contribution in [0.25, 0.3) is 10.8 Å². The molecule has 21 heavy (non-hydrogen) atoms. The number of benzene rings is 3. The summed E-state index contributed by atoms with van der Waals surface area (Å²) in [6.45, 7) is 0.122. The lowest BCUT2D eigenvalue weighted by Crippen LogP contribution is -1.97. The van der Waals surface area contributed by atoms with Crippen molar-refractivity contribution in [2.24, 2.45) is 0 Å². The van der Waals surface area contributed by atoms with E-state index in [-0.39, 0.29) is 6.61 Å². The van der Waals surface area contributed by atoms with E-state index in [0.717, 1.165) is 21.3 Å². The van der Waals surface area contributed by atoms with Gasteiger partial charge in [0.1, 0.15) is 24.0 Å². The van der Waals surface area contributed by atoms with Gasteiger partial charge < -0.3 is 4.74 Å². The van der Waals surface area contributed by atoms with Crippen molar-refractivity contribution in [3.63, 3.8) is 0 Å². The highest BCUT2D eigenvalue weighted by Crippen LogP contribution is 2.24. The molecule has 106 valence electrons. The molecule has 0 atom stereocenters. The lowest BCUT2D eigenvalue weighted by Gasteiger charge is -2.08. The summed E-state index contributed by atoms with van der Waals surface area (Å²) in [4.78, 5) is 0. The third-order valence-electron chi connectivity index (χ3n) is 3.10. The largest absolute Gasteiger partial charge is 0.489 e. The molecule has 0 aromatic heterocycles. The van der Waals surface area contributed by atoms with Crippen LogP contribution in [0.3, 0.4) is 0 Å². The maximum absolute atomic E-state index is 13.1. The summed E-state index contributed by atoms with van der Waals surface area (Å²) in [5.41, 5.74) is 0.461. The molecular formula is C17H11BrF2O. The molecule has 4 heteroatoms. The quantitative estimate of drug-likeness (QED) is 0.610. The fourth-order valence-electron chi connectivity index (χ4n) is 2.15. The highest BCUT2D eigenvalue weighted by Gasteiger charge is 2.03. The minimum absolute atomic E-state index is 0.122. The van der Waals surface area contributed by atoms with E-state index in [2.05, 4.69) is 15.9 Å². The molecule has 0 saturated carbocycles. The molecule has 0 unspecified atom stereocenters. The number of rotatable bonds is 3. The van der Waals surface area contributed by atoms with Crippen molar-refractivity contribution in [2.75, 3.05) is 0 Å². The second-order valence-corrected chi connectivity index (χ2v) is 5.64. The molecule has 0 amide bonds. The fraction of sp³-hybridized carbons (Fsp3) is 0.0588. The Balaban J connectivity index is 1.80. The fourth-order valence-corrected chi connectivity index (χ4v) is 2.52. The molecule has 0 spiro atoms. The highest BCUT2D eigenvalue weighted by molar-refractivity contribution is 9.10. The van der Waals surface area contributed by atoms with Crippen molar-refractivity contribution in [1.29, 1.82) is 0 Å². The summed E-state index contributed by atoms with van der Waals surface area (Å²) in [7, 11) is 0. The van der Waals surface area contributed by atoms with E-state index in [1.807, 2.05) is 36.4 Å². The summed E-state index contributed by atoms with van der Waals surface area (Å²) < 4.78 is 32.8. The molecule has 0 aliphatic heterocycles. The molecule has 0 fully saturated rings. The average molecular weight is 349 g/mol. The summed E-state index contributed by atoms with van der Waals surface area (Å²) in [5.74, 6) is -0.539. The monoisotopic (exact) mass is 348 g/mol. The highest BCUT2D eigenvalue weighted by atomic mass is 79.9. The van der Waals surface area contributed by atoms with Gasteiger partial charge in [-0.25, -0.2) is 8.78 Å². The number of ether oxygens (including phenoxy) is 1. The van der Waals surface area contributed by atoms with Gasteiger partial charge in [0.25, 0.3) is 0 Å². The van der Waals surface area contributed by atoms with Crippen LogP contribution in [0.15, 0.2) is 59.1 Å². The Kier molecular flexibility index (Phi) is 3.88. The van der Waals surface area contributed by atoms with Crippen LogP contribution < -0.4 is 4.74 Å². The SMILES string of the molecule is Fc1cc(F)cc(COc2ccc3cc(Br)ccc3c2)c1. The predicted octanol–water partition coefficient (Wildman–Crippen LogP) is 5.46. The molecule has 0 bridgehead atoms. The van der Waals surface area contributed by atoms with Crippen LogP contribution in [0.1, 0.15) is 5.56 Å². The van der Waals surface area contributed by atoms with Crippen LogP contribution in [-0.4, -0.2) is 0 Å². The molecule has 1 nitrogen and oxygen atoms in total. The van der Waals surface area contributed by atoms with Crippen LogP contribution in [0.2, 0.25) is 0 Å². The smallest absolute Gasteiger partial charge is 0.126 e. The van der Waals surface area contributed by atoms with Gasteiger partial charge in [0.05, 0.1) is 0 Å². The summed E-state index contributed by atoms with van der Waals surface area (Å²) in [5, 5.41) is 2.13. The molecule has 3 aromatic carbocycles. The van der Waals surface area contributed by atoms with Gasteiger partial charge in [0, 0.05) is 10.5 Å². The first-order chi connectivity index (χ1) is 10.1. The van der Waals surface area contributed by atoms with Crippen LogP contribution in [-0.2, 0) is 6.61 Å². The lowest BCUT2D eigenvalue weighted by molar-refractivity contribution is 0.305. The van der Waals surface area contributed by atoms with Gasteiger partial charge >= 0.3 is 0 Å². The summed E-state index contributed by atoms with van der Waals surface area (Å²) in [6, 6.07) is 15.0. The van der Waals surface area contributed by atoms with Gasteiger partial charge in [0.2, 0.25) is 0 Å². The molecule has 0 saturated heterocycles. The molecule has 0 radical (unpaired) electrons. The van der Waals surface area contributed by atoms with Crippen molar-refractivity contribution < 1.29 is 13.5 Å². The number of halogens is 3. The van der Waals surface area contributed by atoms with Crippen molar-refractivity contribution in [2.45, 2.75) is 6.61 Å². The van der Waals surface area contributed by atoms with Crippen molar-refractivity contribution in [3.8, 4) is 5.75 Å². The molecule has 3 aromatic rings. The maximum atomic E-state index is 13.1. The van der Waals surface area contributed by atoms with Gasteiger partial charge in [-0.1, -0.05) is 28.1 Å². The number of fused-ring (bicyclic) bond motifs is 1. The van der Waals surface area contributed by atoms with Crippen molar-refractivity contribution >= 4 is 26.7 Å². The molecule has 0 aliphatic rings. The standard InChI is InChI=1S/C17H11BrF2O/c18-14-3-1-13-8-17(4-2-12(13)7-14)21-10-11-5-15(19)9-16(20)6-11/h1-9H,10H2. The van der Waals surface area contributed by atoms with E-state index in [0.29, 0.717) is 11.3 Å². The Labute approximate surface area is 129 Å². The van der Waals surface area contributed by atoms with Crippen LogP contribution in [0.5, 0.6) is 5.75 Å². The van der Waals surface area contributed by atoms with E-state index in [9.17, 15) is 8.78 Å². The van der Waals surface area contributed by atoms with Gasteiger partial charge in [-0.05, 0) is 52.7 Å². The second kappa shape index (κ2) is 5.82. The zero-order chi connectivity index (χ0) is 14.8. The third kappa shape index (κ3) is 3.39. The first-order valence-electron chi connectivity index (χ1n) is 6.37. The van der Waals surface area contributed by atoms with Gasteiger partial charge in [-0.15, -0.1) is 0 Å². The van der Waals surface area contributed by atoms with E-state index in [4.69, 9.17) is 4.74 Å². The van der Waals surface area contributed by atoms with E-state index >= 15 is 0 Å². The Hall–Kier alpha value is -1.94. The first kappa shape index (κ1) is 14.0. The van der Waals surface area contributed by atoms with Gasteiger partial charge in [-0.3, -0.25) is 0 Å². The number of hydrogen-bond acceptors (Lipinski definition) is 1. The van der Waals surface area contributed by atoms with Crippen LogP contribution >= 0.6 is 15.9 Å². The minimum Gasteiger partial charge on any atom is -0.489 e. The van der Waals surface area contributed by atoms with E-state index in [1.54, 1.807) is 0 Å². The number of hydrogen-bond donors (Lipinski definition) is 0. The minimum atomic E-state index is -0.600. The maximum Gasteiger partial charge on any atom is 0.126 e. The molecule has 0 N–H and O–H groups in total. The zero-order valence-corrected chi connectivity index (χ0v) is 12.5. The summed E-state index contributed by atoms with van der Waals surface area (Å²) in [6.07, 6.45) is 0. The third-order valence-corrected chi connectivity index (χ3v) is 3.59. The lowest BCUT2D eigenvalue weighted by atomic mass is 10.1. The average Bonchev–Trinajstić information content (AvgIpc) is 2.44. The summed E-state index contributed by atoms with van der Waals surface area (Å²) >= 11 is 3.42. The van der Waals surface area contributed by atoms with Crippen LogP contribution in [0, 0.1) is 11.6 Å². The van der Waals surface area contributed by atoms with Crippen molar-refractivity contribution in [1.82, 2.24) is 0 Å². The van der Waals surface area contributed by atoms with E-state index in [1.165, 1.54) is 12.1 Å². The molecule has 3 rings (SSSR count).